The van der Waals surface area contributed by atoms with Crippen LogP contribution in [0.5, 0.6) is 0 Å². The van der Waals surface area contributed by atoms with Gasteiger partial charge in [0.05, 0.1) is 0 Å². The van der Waals surface area contributed by atoms with E-state index in [1.807, 2.05) is 25.1 Å². The van der Waals surface area contributed by atoms with Crippen molar-refractivity contribution in [3.05, 3.63) is 35.9 Å². The fourth-order valence-corrected chi connectivity index (χ4v) is 2.96. The third kappa shape index (κ3) is 7.57. The third-order valence-corrected chi connectivity index (χ3v) is 4.83. The topological polar surface area (TPSA) is 61.4 Å². The molecule has 0 saturated carbocycles. The molecule has 0 amide bonds. The molecule has 0 aliphatic rings. The summed E-state index contributed by atoms with van der Waals surface area (Å²) in [5, 5.41) is 3.18. The highest BCUT2D eigenvalue weighted by Crippen LogP contribution is 2.02. The van der Waals surface area contributed by atoms with E-state index in [1.165, 1.54) is 9.87 Å². The Morgan fingerprint density at radius 1 is 1.10 bits per heavy atom. The van der Waals surface area contributed by atoms with Crippen molar-refractivity contribution in [3.8, 4) is 0 Å². The number of aryl methyl sites for hydroxylation is 1. The van der Waals surface area contributed by atoms with Gasteiger partial charge in [0.15, 0.2) is 0 Å². The lowest BCUT2D eigenvalue weighted by atomic mass is 10.1. The zero-order valence-electron chi connectivity index (χ0n) is 13.0. The Labute approximate surface area is 128 Å². The van der Waals surface area contributed by atoms with Gasteiger partial charge >= 0.3 is 0 Å². The van der Waals surface area contributed by atoms with Gasteiger partial charge in [0, 0.05) is 20.1 Å². The van der Waals surface area contributed by atoms with E-state index in [4.69, 9.17) is 0 Å². The molecule has 0 unspecified atom stereocenters. The summed E-state index contributed by atoms with van der Waals surface area (Å²) >= 11 is 0. The Kier molecular flexibility index (Phi) is 8.52. The zero-order valence-corrected chi connectivity index (χ0v) is 13.8. The van der Waals surface area contributed by atoms with E-state index in [0.717, 1.165) is 32.4 Å². The minimum Gasteiger partial charge on any atom is -0.317 e. The Bertz CT molecular complexity index is 477. The summed E-state index contributed by atoms with van der Waals surface area (Å²) in [5.74, 6) is 0. The van der Waals surface area contributed by atoms with Gasteiger partial charge in [-0.25, -0.2) is 4.72 Å². The van der Waals surface area contributed by atoms with Crippen LogP contribution >= 0.6 is 0 Å². The van der Waals surface area contributed by atoms with E-state index < -0.39 is 10.2 Å². The molecular weight excluding hydrogens is 286 g/mol. The van der Waals surface area contributed by atoms with Crippen LogP contribution in [0.3, 0.4) is 0 Å². The maximum absolute atomic E-state index is 12.0. The van der Waals surface area contributed by atoms with Crippen molar-refractivity contribution in [2.75, 3.05) is 33.2 Å². The van der Waals surface area contributed by atoms with E-state index >= 15 is 0 Å². The van der Waals surface area contributed by atoms with Crippen LogP contribution in [-0.4, -0.2) is 45.9 Å². The van der Waals surface area contributed by atoms with E-state index in [2.05, 4.69) is 22.2 Å². The molecule has 21 heavy (non-hydrogen) atoms. The lowest BCUT2D eigenvalue weighted by Gasteiger charge is -2.17. The SMILES string of the molecule is CCNCCCN(C)S(=O)(=O)NCCCc1ccccc1. The molecule has 0 aliphatic carbocycles. The summed E-state index contributed by atoms with van der Waals surface area (Å²) in [4.78, 5) is 0. The average Bonchev–Trinajstić information content (AvgIpc) is 2.49. The lowest BCUT2D eigenvalue weighted by molar-refractivity contribution is 0.445. The second-order valence-corrected chi connectivity index (χ2v) is 6.88. The molecule has 0 radical (unpaired) electrons. The standard InChI is InChI=1S/C15H27N3O2S/c1-3-16-12-8-14-18(2)21(19,20)17-13-7-11-15-9-5-4-6-10-15/h4-6,9-10,16-17H,3,7-8,11-14H2,1-2H3. The van der Waals surface area contributed by atoms with Gasteiger partial charge in [-0.3, -0.25) is 0 Å². The largest absolute Gasteiger partial charge is 0.317 e. The van der Waals surface area contributed by atoms with Gasteiger partial charge in [0.1, 0.15) is 0 Å². The van der Waals surface area contributed by atoms with Crippen LogP contribution < -0.4 is 10.0 Å². The van der Waals surface area contributed by atoms with Crippen molar-refractivity contribution >= 4 is 10.2 Å². The summed E-state index contributed by atoms with van der Waals surface area (Å²) in [7, 11) is -1.73. The quantitative estimate of drug-likeness (QED) is 0.607. The summed E-state index contributed by atoms with van der Waals surface area (Å²) in [5.41, 5.74) is 1.23. The fraction of sp³-hybridized carbons (Fsp3) is 0.600. The molecule has 0 saturated heterocycles. The molecule has 1 aromatic rings. The molecule has 0 heterocycles. The number of nitrogens with one attached hydrogen (secondary N) is 2. The molecule has 0 aromatic heterocycles. The molecule has 120 valence electrons. The van der Waals surface area contributed by atoms with Crippen LogP contribution in [-0.2, 0) is 16.6 Å². The Hall–Kier alpha value is -0.950. The minimum atomic E-state index is -3.35. The first-order valence-electron chi connectivity index (χ1n) is 7.52. The normalized spacial score (nSPS) is 12.0. The summed E-state index contributed by atoms with van der Waals surface area (Å²) in [6, 6.07) is 10.1. The maximum atomic E-state index is 12.0. The minimum absolute atomic E-state index is 0.467. The van der Waals surface area contributed by atoms with Gasteiger partial charge in [-0.15, -0.1) is 0 Å². The molecule has 1 aromatic carbocycles. The van der Waals surface area contributed by atoms with Crippen molar-refractivity contribution in [3.63, 3.8) is 0 Å². The Morgan fingerprint density at radius 2 is 1.81 bits per heavy atom. The molecular formula is C15H27N3O2S. The lowest BCUT2D eigenvalue weighted by Crippen LogP contribution is -2.39. The molecule has 6 heteroatoms. The van der Waals surface area contributed by atoms with Crippen LogP contribution in [0.4, 0.5) is 0 Å². The van der Waals surface area contributed by atoms with Gasteiger partial charge < -0.3 is 5.32 Å². The highest BCUT2D eigenvalue weighted by atomic mass is 32.2. The van der Waals surface area contributed by atoms with Gasteiger partial charge in [0.2, 0.25) is 0 Å². The van der Waals surface area contributed by atoms with Crippen LogP contribution in [0.25, 0.3) is 0 Å². The smallest absolute Gasteiger partial charge is 0.279 e. The van der Waals surface area contributed by atoms with Crippen molar-refractivity contribution < 1.29 is 8.42 Å². The molecule has 0 atom stereocenters. The van der Waals surface area contributed by atoms with Crippen LogP contribution in [0.15, 0.2) is 30.3 Å². The summed E-state index contributed by atoms with van der Waals surface area (Å²) < 4.78 is 28.0. The van der Waals surface area contributed by atoms with Crippen molar-refractivity contribution in [1.82, 2.24) is 14.3 Å². The fourth-order valence-electron chi connectivity index (χ4n) is 1.97. The monoisotopic (exact) mass is 313 g/mol. The number of nitrogens with zero attached hydrogens (tertiary/aromatic N) is 1. The maximum Gasteiger partial charge on any atom is 0.279 e. The van der Waals surface area contributed by atoms with Crippen LogP contribution in [0.2, 0.25) is 0 Å². The van der Waals surface area contributed by atoms with Crippen molar-refractivity contribution in [2.24, 2.45) is 0 Å². The predicted molar refractivity (Wildman–Crippen MR) is 87.5 cm³/mol. The first-order chi connectivity index (χ1) is 10.1. The second-order valence-electron chi connectivity index (χ2n) is 5.02. The van der Waals surface area contributed by atoms with E-state index in [1.54, 1.807) is 7.05 Å². The number of rotatable bonds is 11. The van der Waals surface area contributed by atoms with Crippen LogP contribution in [0.1, 0.15) is 25.3 Å². The van der Waals surface area contributed by atoms with E-state index in [0.29, 0.717) is 13.1 Å². The molecule has 0 spiro atoms. The molecule has 5 nitrogen and oxygen atoms in total. The molecule has 1 rings (SSSR count). The van der Waals surface area contributed by atoms with Gasteiger partial charge in [-0.2, -0.15) is 12.7 Å². The summed E-state index contributed by atoms with van der Waals surface area (Å²) in [6.45, 7) is 4.78. The van der Waals surface area contributed by atoms with Crippen molar-refractivity contribution in [2.45, 2.75) is 26.2 Å². The molecule has 0 aliphatic heterocycles. The zero-order chi connectivity index (χ0) is 15.6. The van der Waals surface area contributed by atoms with Gasteiger partial charge in [0.25, 0.3) is 10.2 Å². The second kappa shape index (κ2) is 9.89. The number of hydrogen-bond acceptors (Lipinski definition) is 3. The van der Waals surface area contributed by atoms with E-state index in [9.17, 15) is 8.42 Å². The molecule has 0 bridgehead atoms. The Morgan fingerprint density at radius 3 is 2.48 bits per heavy atom. The predicted octanol–water partition coefficient (Wildman–Crippen LogP) is 1.39. The highest BCUT2D eigenvalue weighted by molar-refractivity contribution is 7.87. The summed E-state index contributed by atoms with van der Waals surface area (Å²) in [6.07, 6.45) is 2.50. The van der Waals surface area contributed by atoms with Crippen molar-refractivity contribution in [1.29, 1.82) is 0 Å². The first-order valence-corrected chi connectivity index (χ1v) is 8.96. The van der Waals surface area contributed by atoms with E-state index in [-0.39, 0.29) is 0 Å². The van der Waals surface area contributed by atoms with Gasteiger partial charge in [-0.05, 0) is 37.9 Å². The molecule has 2 N–H and O–H groups in total. The Balaban J connectivity index is 2.22. The molecule has 0 fully saturated rings. The van der Waals surface area contributed by atoms with Gasteiger partial charge in [-0.1, -0.05) is 37.3 Å². The third-order valence-electron chi connectivity index (χ3n) is 3.26. The first kappa shape index (κ1) is 18.1. The average molecular weight is 313 g/mol. The number of hydrogen-bond donors (Lipinski definition) is 2. The van der Waals surface area contributed by atoms with Crippen LogP contribution in [0, 0.1) is 0 Å². The number of benzene rings is 1. The highest BCUT2D eigenvalue weighted by Gasteiger charge is 2.15.